The Labute approximate surface area is 105 Å². The van der Waals surface area contributed by atoms with Crippen molar-refractivity contribution in [2.24, 2.45) is 0 Å². The van der Waals surface area contributed by atoms with Gasteiger partial charge in [-0.25, -0.2) is 0 Å². The molecule has 0 N–H and O–H groups in total. The van der Waals surface area contributed by atoms with Crippen LogP contribution in [0.15, 0.2) is 12.1 Å². The molecule has 2 heterocycles. The molecule has 1 aromatic carbocycles. The van der Waals surface area contributed by atoms with Crippen LogP contribution in [0.3, 0.4) is 0 Å². The summed E-state index contributed by atoms with van der Waals surface area (Å²) in [6, 6.07) is 3.63. The van der Waals surface area contributed by atoms with Gasteiger partial charge in [0, 0.05) is 13.6 Å². The molecule has 0 bridgehead atoms. The maximum Gasteiger partial charge on any atom is 0.261 e. The lowest BCUT2D eigenvalue weighted by Gasteiger charge is -2.12. The van der Waals surface area contributed by atoms with Gasteiger partial charge >= 0.3 is 0 Å². The molecule has 0 fully saturated rings. The van der Waals surface area contributed by atoms with Crippen molar-refractivity contribution >= 4 is 11.8 Å². The Kier molecular flexibility index (Phi) is 2.46. The molecule has 1 aromatic rings. The van der Waals surface area contributed by atoms with Crippen LogP contribution >= 0.6 is 0 Å². The molecule has 2 aliphatic rings. The first-order valence-electron chi connectivity index (χ1n) is 5.82. The van der Waals surface area contributed by atoms with Crippen molar-refractivity contribution < 1.29 is 14.3 Å². The van der Waals surface area contributed by atoms with Crippen LogP contribution < -0.4 is 0 Å². The van der Waals surface area contributed by atoms with Crippen LogP contribution in [0.25, 0.3) is 0 Å². The molecule has 2 aliphatic heterocycles. The lowest BCUT2D eigenvalue weighted by atomic mass is 10.00. The van der Waals surface area contributed by atoms with E-state index in [0.29, 0.717) is 24.5 Å². The highest BCUT2D eigenvalue weighted by Gasteiger charge is 2.34. The van der Waals surface area contributed by atoms with E-state index in [4.69, 9.17) is 4.74 Å². The summed E-state index contributed by atoms with van der Waals surface area (Å²) in [4.78, 5) is 27.0. The first-order chi connectivity index (χ1) is 8.58. The van der Waals surface area contributed by atoms with Crippen LogP contribution in [0, 0.1) is 0 Å². The molecule has 18 heavy (non-hydrogen) atoms. The van der Waals surface area contributed by atoms with Gasteiger partial charge in [-0.05, 0) is 30.3 Å². The van der Waals surface area contributed by atoms with E-state index in [1.54, 1.807) is 6.07 Å². The van der Waals surface area contributed by atoms with Crippen molar-refractivity contribution in [3.05, 3.63) is 34.4 Å². The van der Waals surface area contributed by atoms with Gasteiger partial charge in [-0.1, -0.05) is 0 Å². The molecular formula is C13H14N2O3. The van der Waals surface area contributed by atoms with Gasteiger partial charge in [-0.2, -0.15) is 0 Å². The summed E-state index contributed by atoms with van der Waals surface area (Å²) < 4.78 is 5.50. The van der Waals surface area contributed by atoms with Gasteiger partial charge in [0.05, 0.1) is 24.5 Å². The zero-order valence-corrected chi connectivity index (χ0v) is 10.4. The zero-order valence-electron chi connectivity index (χ0n) is 10.4. The Morgan fingerprint density at radius 2 is 1.67 bits per heavy atom. The van der Waals surface area contributed by atoms with Crippen molar-refractivity contribution in [1.82, 2.24) is 9.80 Å². The molecule has 0 atom stereocenters. The summed E-state index contributed by atoms with van der Waals surface area (Å²) in [7, 11) is 3.47. The highest BCUT2D eigenvalue weighted by Crippen LogP contribution is 2.27. The molecule has 0 saturated heterocycles. The summed E-state index contributed by atoms with van der Waals surface area (Å²) in [5.41, 5.74) is 3.06. The number of fused-ring (bicyclic) bond motifs is 2. The Morgan fingerprint density at radius 1 is 1.06 bits per heavy atom. The number of rotatable bonds is 0. The van der Waals surface area contributed by atoms with Gasteiger partial charge in [-0.3, -0.25) is 19.4 Å². The number of ether oxygens (including phenoxy) is 1. The summed E-state index contributed by atoms with van der Waals surface area (Å²) in [5, 5.41) is 0. The van der Waals surface area contributed by atoms with Gasteiger partial charge in [0.1, 0.15) is 0 Å². The lowest BCUT2D eigenvalue weighted by molar-refractivity contribution is 0.0387. The predicted molar refractivity (Wildman–Crippen MR) is 64.0 cm³/mol. The lowest BCUT2D eigenvalue weighted by Crippen LogP contribution is -2.24. The van der Waals surface area contributed by atoms with Crippen LogP contribution in [0.5, 0.6) is 0 Å². The van der Waals surface area contributed by atoms with E-state index in [2.05, 4.69) is 0 Å². The SMILES string of the molecule is CN1COCc2cc3c(cc2C1)C(=O)N(C)C3=O. The number of nitrogens with zero attached hydrogens (tertiary/aromatic N) is 2. The predicted octanol–water partition coefficient (Wildman–Crippen LogP) is 0.832. The van der Waals surface area contributed by atoms with E-state index in [1.807, 2.05) is 18.0 Å². The number of benzene rings is 1. The molecule has 5 heteroatoms. The Balaban J connectivity index is 2.13. The third-order valence-electron chi connectivity index (χ3n) is 3.42. The second-order valence-corrected chi connectivity index (χ2v) is 4.83. The topological polar surface area (TPSA) is 49.9 Å². The zero-order chi connectivity index (χ0) is 12.9. The van der Waals surface area contributed by atoms with Crippen molar-refractivity contribution in [2.75, 3.05) is 20.8 Å². The number of hydrogen-bond acceptors (Lipinski definition) is 4. The molecule has 0 saturated carbocycles. The second kappa shape index (κ2) is 3.90. The normalized spacial score (nSPS) is 19.8. The Hall–Kier alpha value is -1.72. The number of amides is 2. The fourth-order valence-electron chi connectivity index (χ4n) is 2.43. The number of carbonyl (C=O) groups excluding carboxylic acids is 2. The van der Waals surface area contributed by atoms with E-state index in [1.165, 1.54) is 7.05 Å². The number of hydrogen-bond donors (Lipinski definition) is 0. The van der Waals surface area contributed by atoms with Crippen molar-refractivity contribution in [2.45, 2.75) is 13.2 Å². The van der Waals surface area contributed by atoms with Crippen LogP contribution in [-0.4, -0.2) is 42.4 Å². The minimum atomic E-state index is -0.226. The molecule has 94 valence electrons. The fraction of sp³-hybridized carbons (Fsp3) is 0.385. The molecular weight excluding hydrogens is 232 g/mol. The highest BCUT2D eigenvalue weighted by atomic mass is 16.5. The van der Waals surface area contributed by atoms with Crippen molar-refractivity contribution in [3.63, 3.8) is 0 Å². The van der Waals surface area contributed by atoms with Crippen molar-refractivity contribution in [1.29, 1.82) is 0 Å². The van der Waals surface area contributed by atoms with Gasteiger partial charge in [0.15, 0.2) is 0 Å². The molecule has 3 rings (SSSR count). The van der Waals surface area contributed by atoms with E-state index in [9.17, 15) is 9.59 Å². The molecule has 0 spiro atoms. The maximum atomic E-state index is 11.9. The fourth-order valence-corrected chi connectivity index (χ4v) is 2.43. The Bertz CT molecular complexity index is 553. The average molecular weight is 246 g/mol. The molecule has 0 radical (unpaired) electrons. The number of imide groups is 1. The third kappa shape index (κ3) is 1.55. The van der Waals surface area contributed by atoms with Crippen LogP contribution in [0.4, 0.5) is 0 Å². The molecule has 2 amide bonds. The maximum absolute atomic E-state index is 11.9. The van der Waals surface area contributed by atoms with Crippen LogP contribution in [0.2, 0.25) is 0 Å². The third-order valence-corrected chi connectivity index (χ3v) is 3.42. The summed E-state index contributed by atoms with van der Waals surface area (Å²) in [5.74, 6) is -0.444. The summed E-state index contributed by atoms with van der Waals surface area (Å²) in [6.45, 7) is 1.77. The van der Waals surface area contributed by atoms with Gasteiger partial charge in [0.25, 0.3) is 11.8 Å². The van der Waals surface area contributed by atoms with E-state index < -0.39 is 0 Å². The standard InChI is InChI=1S/C13H14N2O3/c1-14-5-8-3-10-11(4-9(8)6-18-7-14)13(17)15(2)12(10)16/h3-4H,5-7H2,1-2H3. The quantitative estimate of drug-likeness (QED) is 0.636. The Morgan fingerprint density at radius 3 is 2.33 bits per heavy atom. The minimum absolute atomic E-state index is 0.217. The average Bonchev–Trinajstić information content (AvgIpc) is 2.52. The summed E-state index contributed by atoms with van der Waals surface area (Å²) >= 11 is 0. The van der Waals surface area contributed by atoms with Crippen LogP contribution in [-0.2, 0) is 17.9 Å². The molecule has 0 aliphatic carbocycles. The van der Waals surface area contributed by atoms with E-state index in [0.717, 1.165) is 22.6 Å². The van der Waals surface area contributed by atoms with Crippen LogP contribution in [0.1, 0.15) is 31.8 Å². The van der Waals surface area contributed by atoms with Gasteiger partial charge in [-0.15, -0.1) is 0 Å². The summed E-state index contributed by atoms with van der Waals surface area (Å²) in [6.07, 6.45) is 0. The second-order valence-electron chi connectivity index (χ2n) is 4.83. The number of carbonyl (C=O) groups is 2. The highest BCUT2D eigenvalue weighted by molar-refractivity contribution is 6.21. The van der Waals surface area contributed by atoms with Gasteiger partial charge in [0.2, 0.25) is 0 Å². The van der Waals surface area contributed by atoms with Crippen molar-refractivity contribution in [3.8, 4) is 0 Å². The molecule has 5 nitrogen and oxygen atoms in total. The van der Waals surface area contributed by atoms with Gasteiger partial charge < -0.3 is 4.74 Å². The monoisotopic (exact) mass is 246 g/mol. The smallest absolute Gasteiger partial charge is 0.261 e. The first-order valence-corrected chi connectivity index (χ1v) is 5.82. The largest absolute Gasteiger partial charge is 0.361 e. The first kappa shape index (κ1) is 11.4. The minimum Gasteiger partial charge on any atom is -0.361 e. The molecule has 0 unspecified atom stereocenters. The molecule has 0 aromatic heterocycles. The van der Waals surface area contributed by atoms with E-state index in [-0.39, 0.29) is 11.8 Å². The van der Waals surface area contributed by atoms with E-state index >= 15 is 0 Å².